The Hall–Kier alpha value is -1.55. The Kier molecular flexibility index (Phi) is 6.13. The number of amides is 2. The first-order chi connectivity index (χ1) is 11.7. The van der Waals surface area contributed by atoms with Crippen molar-refractivity contribution in [2.24, 2.45) is 0 Å². The molecule has 2 amide bonds. The predicted molar refractivity (Wildman–Crippen MR) is 98.1 cm³/mol. The van der Waals surface area contributed by atoms with Crippen LogP contribution in [0, 0.1) is 6.92 Å². The van der Waals surface area contributed by atoms with Crippen LogP contribution in [0.5, 0.6) is 0 Å². The lowest BCUT2D eigenvalue weighted by atomic mass is 10.1. The van der Waals surface area contributed by atoms with Crippen LogP contribution in [0.15, 0.2) is 24.3 Å². The highest BCUT2D eigenvalue weighted by molar-refractivity contribution is 5.74. The van der Waals surface area contributed by atoms with Gasteiger partial charge in [-0.25, -0.2) is 4.79 Å². The van der Waals surface area contributed by atoms with Crippen molar-refractivity contribution >= 4 is 6.03 Å². The second kappa shape index (κ2) is 8.52. The zero-order valence-electron chi connectivity index (χ0n) is 15.0. The van der Waals surface area contributed by atoms with Crippen molar-refractivity contribution in [1.29, 1.82) is 0 Å². The van der Waals surface area contributed by atoms with Crippen molar-refractivity contribution in [3.8, 4) is 0 Å². The van der Waals surface area contributed by atoms with E-state index in [0.29, 0.717) is 6.54 Å². The summed E-state index contributed by atoms with van der Waals surface area (Å²) in [5.74, 6) is 0. The fourth-order valence-electron chi connectivity index (χ4n) is 4.02. The molecule has 1 aliphatic heterocycles. The van der Waals surface area contributed by atoms with Gasteiger partial charge in [0.2, 0.25) is 0 Å². The molecule has 0 aromatic heterocycles. The highest BCUT2D eigenvalue weighted by Gasteiger charge is 2.26. The maximum absolute atomic E-state index is 12.4. The molecule has 2 aliphatic rings. The van der Waals surface area contributed by atoms with Gasteiger partial charge in [-0.05, 0) is 25.3 Å². The van der Waals surface area contributed by atoms with Crippen molar-refractivity contribution in [1.82, 2.24) is 15.1 Å². The Balaban J connectivity index is 1.43. The molecule has 1 aromatic rings. The minimum Gasteiger partial charge on any atom is -0.334 e. The normalized spacial score (nSPS) is 20.6. The van der Waals surface area contributed by atoms with Gasteiger partial charge < -0.3 is 10.2 Å². The third-order valence-corrected chi connectivity index (χ3v) is 5.47. The number of carbonyl (C=O) groups excluding carboxylic acids is 1. The number of hydrogen-bond donors (Lipinski definition) is 1. The number of benzene rings is 1. The summed E-state index contributed by atoms with van der Waals surface area (Å²) in [6, 6.07) is 9.16. The molecule has 0 bridgehead atoms. The first-order valence-electron chi connectivity index (χ1n) is 9.55. The number of rotatable bonds is 3. The van der Waals surface area contributed by atoms with E-state index in [4.69, 9.17) is 0 Å². The number of aryl methyl sites for hydroxylation is 1. The van der Waals surface area contributed by atoms with E-state index in [1.54, 1.807) is 0 Å². The van der Waals surface area contributed by atoms with Crippen LogP contribution in [-0.2, 0) is 6.54 Å². The molecule has 1 saturated heterocycles. The molecule has 0 atom stereocenters. The minimum atomic E-state index is 0.0806. The molecule has 2 fully saturated rings. The molecular formula is C20H31N3O. The molecule has 0 spiro atoms. The Morgan fingerprint density at radius 1 is 1.08 bits per heavy atom. The summed E-state index contributed by atoms with van der Waals surface area (Å²) in [4.78, 5) is 17.0. The zero-order valence-corrected chi connectivity index (χ0v) is 15.0. The molecule has 1 saturated carbocycles. The Bertz CT molecular complexity index is 529. The molecular weight excluding hydrogens is 298 g/mol. The van der Waals surface area contributed by atoms with Gasteiger partial charge in [0.05, 0.1) is 0 Å². The van der Waals surface area contributed by atoms with Crippen molar-refractivity contribution in [3.05, 3.63) is 35.4 Å². The smallest absolute Gasteiger partial charge is 0.317 e. The molecule has 132 valence electrons. The molecule has 24 heavy (non-hydrogen) atoms. The van der Waals surface area contributed by atoms with Crippen LogP contribution in [-0.4, -0.2) is 48.1 Å². The van der Waals surface area contributed by atoms with Gasteiger partial charge in [-0.2, -0.15) is 0 Å². The van der Waals surface area contributed by atoms with E-state index >= 15 is 0 Å². The number of urea groups is 1. The van der Waals surface area contributed by atoms with Crippen molar-refractivity contribution in [3.63, 3.8) is 0 Å². The Morgan fingerprint density at radius 2 is 1.79 bits per heavy atom. The van der Waals surface area contributed by atoms with Gasteiger partial charge >= 0.3 is 6.03 Å². The lowest BCUT2D eigenvalue weighted by Crippen LogP contribution is -2.54. The lowest BCUT2D eigenvalue weighted by molar-refractivity contribution is 0.101. The summed E-state index contributed by atoms with van der Waals surface area (Å²) < 4.78 is 0. The van der Waals surface area contributed by atoms with Crippen LogP contribution < -0.4 is 5.32 Å². The zero-order chi connectivity index (χ0) is 16.8. The number of carbonyl (C=O) groups is 1. The molecule has 1 N–H and O–H groups in total. The van der Waals surface area contributed by atoms with Crippen LogP contribution in [0.1, 0.15) is 49.7 Å². The van der Waals surface area contributed by atoms with Gasteiger partial charge in [0.25, 0.3) is 0 Å². The van der Waals surface area contributed by atoms with Gasteiger partial charge in [-0.1, -0.05) is 55.5 Å². The van der Waals surface area contributed by atoms with Gasteiger partial charge in [0, 0.05) is 38.8 Å². The summed E-state index contributed by atoms with van der Waals surface area (Å²) in [6.45, 7) is 6.47. The topological polar surface area (TPSA) is 35.6 Å². The summed E-state index contributed by atoms with van der Waals surface area (Å²) >= 11 is 0. The minimum absolute atomic E-state index is 0.0806. The third kappa shape index (κ3) is 4.73. The summed E-state index contributed by atoms with van der Waals surface area (Å²) in [5, 5.41) is 3.07. The van der Waals surface area contributed by atoms with Gasteiger partial charge in [-0.15, -0.1) is 0 Å². The Labute approximate surface area is 146 Å². The van der Waals surface area contributed by atoms with Crippen LogP contribution in [0.3, 0.4) is 0 Å². The van der Waals surface area contributed by atoms with Crippen LogP contribution in [0.2, 0.25) is 0 Å². The van der Waals surface area contributed by atoms with Crippen LogP contribution in [0.25, 0.3) is 0 Å². The lowest BCUT2D eigenvalue weighted by Gasteiger charge is -2.39. The average Bonchev–Trinajstić information content (AvgIpc) is 2.89. The SMILES string of the molecule is Cc1cccc(CNC(=O)N2CCN(C3CCCCCC3)CC2)c1. The molecule has 3 rings (SSSR count). The molecule has 1 aromatic carbocycles. The van der Waals surface area contributed by atoms with Crippen molar-refractivity contribution in [2.75, 3.05) is 26.2 Å². The standard InChI is InChI=1S/C20H31N3O/c1-17-7-6-8-18(15-17)16-21-20(24)23-13-11-22(12-14-23)19-9-4-2-3-5-10-19/h6-8,15,19H,2-5,9-14,16H2,1H3,(H,21,24). The van der Waals surface area contributed by atoms with Crippen molar-refractivity contribution in [2.45, 2.75) is 58.0 Å². The molecule has 0 unspecified atom stereocenters. The number of piperazine rings is 1. The maximum atomic E-state index is 12.4. The summed E-state index contributed by atoms with van der Waals surface area (Å²) in [7, 11) is 0. The fourth-order valence-corrected chi connectivity index (χ4v) is 4.02. The Morgan fingerprint density at radius 3 is 2.46 bits per heavy atom. The third-order valence-electron chi connectivity index (χ3n) is 5.47. The van der Waals surface area contributed by atoms with E-state index < -0.39 is 0 Å². The predicted octanol–water partition coefficient (Wildman–Crippen LogP) is 3.55. The second-order valence-electron chi connectivity index (χ2n) is 7.32. The molecule has 1 aliphatic carbocycles. The van der Waals surface area contributed by atoms with E-state index in [9.17, 15) is 4.79 Å². The van der Waals surface area contributed by atoms with Gasteiger partial charge in [-0.3, -0.25) is 4.90 Å². The first-order valence-corrected chi connectivity index (χ1v) is 9.55. The molecule has 4 heteroatoms. The average molecular weight is 329 g/mol. The highest BCUT2D eigenvalue weighted by Crippen LogP contribution is 2.22. The monoisotopic (exact) mass is 329 g/mol. The molecule has 0 radical (unpaired) electrons. The van der Waals surface area contributed by atoms with E-state index in [0.717, 1.165) is 32.2 Å². The highest BCUT2D eigenvalue weighted by atomic mass is 16.2. The number of nitrogens with one attached hydrogen (secondary N) is 1. The van der Waals surface area contributed by atoms with Crippen LogP contribution >= 0.6 is 0 Å². The number of hydrogen-bond acceptors (Lipinski definition) is 2. The molecule has 1 heterocycles. The summed E-state index contributed by atoms with van der Waals surface area (Å²) in [6.07, 6.45) is 8.25. The second-order valence-corrected chi connectivity index (χ2v) is 7.32. The van der Waals surface area contributed by atoms with Gasteiger partial charge in [0.1, 0.15) is 0 Å². The van der Waals surface area contributed by atoms with E-state index in [1.165, 1.54) is 49.7 Å². The largest absolute Gasteiger partial charge is 0.334 e. The van der Waals surface area contributed by atoms with E-state index in [-0.39, 0.29) is 6.03 Å². The maximum Gasteiger partial charge on any atom is 0.317 e. The number of nitrogens with zero attached hydrogens (tertiary/aromatic N) is 2. The van der Waals surface area contributed by atoms with Crippen LogP contribution in [0.4, 0.5) is 4.79 Å². The van der Waals surface area contributed by atoms with E-state index in [2.05, 4.69) is 35.3 Å². The van der Waals surface area contributed by atoms with Gasteiger partial charge in [0.15, 0.2) is 0 Å². The summed E-state index contributed by atoms with van der Waals surface area (Å²) in [5.41, 5.74) is 2.40. The van der Waals surface area contributed by atoms with E-state index in [1.807, 2.05) is 11.0 Å². The first kappa shape index (κ1) is 17.3. The van der Waals surface area contributed by atoms with Crippen molar-refractivity contribution < 1.29 is 4.79 Å². The quantitative estimate of drug-likeness (QED) is 0.861. The molecule has 4 nitrogen and oxygen atoms in total. The fraction of sp³-hybridized carbons (Fsp3) is 0.650.